The number of anilines is 1. The molecule has 6 nitrogen and oxygen atoms in total. The molecule has 1 saturated heterocycles. The Morgan fingerprint density at radius 2 is 2.42 bits per heavy atom. The molecule has 4 N–H and O–H groups in total. The van der Waals surface area contributed by atoms with Crippen LogP contribution in [0.5, 0.6) is 0 Å². The lowest BCUT2D eigenvalue weighted by molar-refractivity contribution is 0.0693. The minimum atomic E-state index is -1.04. The summed E-state index contributed by atoms with van der Waals surface area (Å²) in [6.07, 6.45) is 3.92. The number of carboxylic acid groups (broad SMARTS) is 1. The van der Waals surface area contributed by atoms with Crippen molar-refractivity contribution in [1.29, 1.82) is 0 Å². The van der Waals surface area contributed by atoms with Crippen molar-refractivity contribution in [2.45, 2.75) is 18.8 Å². The van der Waals surface area contributed by atoms with Gasteiger partial charge in [-0.3, -0.25) is 0 Å². The van der Waals surface area contributed by atoms with Gasteiger partial charge in [-0.15, -0.1) is 0 Å². The van der Waals surface area contributed by atoms with Crippen LogP contribution in [0.1, 0.15) is 35.1 Å². The van der Waals surface area contributed by atoms with E-state index in [0.717, 1.165) is 31.8 Å². The normalized spacial score (nSPS) is 19.7. The molecule has 1 unspecified atom stereocenters. The van der Waals surface area contributed by atoms with E-state index in [4.69, 9.17) is 5.73 Å². The highest BCUT2D eigenvalue weighted by Gasteiger charge is 2.25. The van der Waals surface area contributed by atoms with E-state index < -0.39 is 5.97 Å². The number of nitrogens with two attached hydrogens (primary N) is 1. The van der Waals surface area contributed by atoms with E-state index in [2.05, 4.69) is 10.3 Å². The molecule has 19 heavy (non-hydrogen) atoms. The average molecular weight is 260 g/mol. The predicted molar refractivity (Wildman–Crippen MR) is 71.4 cm³/mol. The molecule has 0 spiro atoms. The first-order valence-corrected chi connectivity index (χ1v) is 6.39. The van der Waals surface area contributed by atoms with Crippen LogP contribution in [0.2, 0.25) is 0 Å². The van der Waals surface area contributed by atoms with E-state index in [0.29, 0.717) is 11.2 Å². The molecular formula is C13H16N4O2. The second-order valence-electron chi connectivity index (χ2n) is 4.85. The van der Waals surface area contributed by atoms with Gasteiger partial charge in [0, 0.05) is 18.7 Å². The standard InChI is InChI=1S/C13H16N4O2/c14-9-4-2-6-17-11(9)10(13(18)19)16-12(17)8-3-1-5-15-7-8/h2,4,6,8,15H,1,3,5,7,14H2,(H,18,19). The summed E-state index contributed by atoms with van der Waals surface area (Å²) in [5.74, 6) is -0.0199. The number of nitrogens with one attached hydrogen (secondary N) is 1. The first-order valence-electron chi connectivity index (χ1n) is 6.39. The highest BCUT2D eigenvalue weighted by molar-refractivity contribution is 5.97. The van der Waals surface area contributed by atoms with Gasteiger partial charge in [0.25, 0.3) is 0 Å². The van der Waals surface area contributed by atoms with Crippen LogP contribution in [0.3, 0.4) is 0 Å². The molecule has 0 amide bonds. The Kier molecular flexibility index (Phi) is 2.87. The zero-order valence-electron chi connectivity index (χ0n) is 10.5. The monoisotopic (exact) mass is 260 g/mol. The highest BCUT2D eigenvalue weighted by atomic mass is 16.4. The summed E-state index contributed by atoms with van der Waals surface area (Å²) in [6, 6.07) is 3.52. The maximum absolute atomic E-state index is 11.3. The lowest BCUT2D eigenvalue weighted by atomic mass is 9.99. The summed E-state index contributed by atoms with van der Waals surface area (Å²) in [5, 5.41) is 12.6. The summed E-state index contributed by atoms with van der Waals surface area (Å²) in [7, 11) is 0. The fourth-order valence-corrected chi connectivity index (χ4v) is 2.70. The molecular weight excluding hydrogens is 244 g/mol. The van der Waals surface area contributed by atoms with Crippen molar-refractivity contribution in [1.82, 2.24) is 14.7 Å². The van der Waals surface area contributed by atoms with Crippen LogP contribution in [0, 0.1) is 0 Å². The number of piperidine rings is 1. The number of hydrogen-bond donors (Lipinski definition) is 3. The number of fused-ring (bicyclic) bond motifs is 1. The van der Waals surface area contributed by atoms with Gasteiger partial charge >= 0.3 is 5.97 Å². The third-order valence-electron chi connectivity index (χ3n) is 3.59. The Bertz CT molecular complexity index is 629. The summed E-state index contributed by atoms with van der Waals surface area (Å²) >= 11 is 0. The summed E-state index contributed by atoms with van der Waals surface area (Å²) in [4.78, 5) is 15.6. The third-order valence-corrected chi connectivity index (χ3v) is 3.59. The predicted octanol–water partition coefficient (Wildman–Crippen LogP) is 1.08. The van der Waals surface area contributed by atoms with E-state index in [1.54, 1.807) is 6.07 Å². The van der Waals surface area contributed by atoms with Crippen molar-refractivity contribution >= 4 is 17.2 Å². The molecule has 1 aliphatic rings. The van der Waals surface area contributed by atoms with Crippen LogP contribution in [-0.2, 0) is 0 Å². The second-order valence-corrected chi connectivity index (χ2v) is 4.85. The molecule has 0 aliphatic carbocycles. The minimum absolute atomic E-state index is 0.0404. The number of nitrogens with zero attached hydrogens (tertiary/aromatic N) is 2. The zero-order chi connectivity index (χ0) is 13.4. The Morgan fingerprint density at radius 3 is 3.11 bits per heavy atom. The number of aromatic carboxylic acids is 1. The molecule has 0 radical (unpaired) electrons. The second kappa shape index (κ2) is 4.55. The van der Waals surface area contributed by atoms with Crippen LogP contribution >= 0.6 is 0 Å². The number of pyridine rings is 1. The quantitative estimate of drug-likeness (QED) is 0.751. The van der Waals surface area contributed by atoms with E-state index in [1.807, 2.05) is 16.7 Å². The SMILES string of the molecule is Nc1cccn2c(C3CCCNC3)nc(C(=O)O)c12. The van der Waals surface area contributed by atoms with Crippen molar-refractivity contribution in [2.24, 2.45) is 0 Å². The fourth-order valence-electron chi connectivity index (χ4n) is 2.70. The molecule has 3 rings (SSSR count). The van der Waals surface area contributed by atoms with Gasteiger partial charge < -0.3 is 20.6 Å². The van der Waals surface area contributed by atoms with Gasteiger partial charge in [-0.1, -0.05) is 0 Å². The maximum atomic E-state index is 11.3. The first-order chi connectivity index (χ1) is 9.18. The van der Waals surface area contributed by atoms with Crippen molar-refractivity contribution in [3.8, 4) is 0 Å². The van der Waals surface area contributed by atoms with Crippen LogP contribution in [-0.4, -0.2) is 33.6 Å². The van der Waals surface area contributed by atoms with Gasteiger partial charge in [-0.05, 0) is 31.5 Å². The number of carbonyl (C=O) groups is 1. The molecule has 6 heteroatoms. The highest BCUT2D eigenvalue weighted by Crippen LogP contribution is 2.27. The van der Waals surface area contributed by atoms with Gasteiger partial charge in [0.1, 0.15) is 11.3 Å². The Balaban J connectivity index is 2.19. The Hall–Kier alpha value is -2.08. The number of nitrogen functional groups attached to an aromatic ring is 1. The Morgan fingerprint density at radius 1 is 1.58 bits per heavy atom. The van der Waals surface area contributed by atoms with Gasteiger partial charge in [-0.25, -0.2) is 9.78 Å². The van der Waals surface area contributed by atoms with E-state index >= 15 is 0 Å². The van der Waals surface area contributed by atoms with Crippen molar-refractivity contribution in [3.05, 3.63) is 29.8 Å². The molecule has 1 atom stereocenters. The van der Waals surface area contributed by atoms with E-state index in [1.165, 1.54) is 0 Å². The molecule has 1 aliphatic heterocycles. The van der Waals surface area contributed by atoms with Crippen LogP contribution in [0.25, 0.3) is 5.52 Å². The number of aromatic nitrogens is 2. The molecule has 2 aromatic rings. The number of hydrogen-bond acceptors (Lipinski definition) is 4. The van der Waals surface area contributed by atoms with Gasteiger partial charge in [0.2, 0.25) is 0 Å². The largest absolute Gasteiger partial charge is 0.476 e. The maximum Gasteiger partial charge on any atom is 0.356 e. The van der Waals surface area contributed by atoms with Gasteiger partial charge in [-0.2, -0.15) is 0 Å². The summed E-state index contributed by atoms with van der Waals surface area (Å²) in [6.45, 7) is 1.83. The molecule has 100 valence electrons. The van der Waals surface area contributed by atoms with Crippen molar-refractivity contribution < 1.29 is 9.90 Å². The van der Waals surface area contributed by atoms with E-state index in [9.17, 15) is 9.90 Å². The smallest absolute Gasteiger partial charge is 0.356 e. The first kappa shape index (κ1) is 12.0. The van der Waals surface area contributed by atoms with Crippen LogP contribution in [0.4, 0.5) is 5.69 Å². The fraction of sp³-hybridized carbons (Fsp3) is 0.385. The molecule has 0 bridgehead atoms. The molecule has 0 saturated carbocycles. The van der Waals surface area contributed by atoms with E-state index in [-0.39, 0.29) is 11.6 Å². The molecule has 0 aromatic carbocycles. The minimum Gasteiger partial charge on any atom is -0.476 e. The number of rotatable bonds is 2. The lowest BCUT2D eigenvalue weighted by Crippen LogP contribution is -2.29. The Labute approximate surface area is 110 Å². The molecule has 3 heterocycles. The van der Waals surface area contributed by atoms with Crippen molar-refractivity contribution in [2.75, 3.05) is 18.8 Å². The summed E-state index contributed by atoms with van der Waals surface area (Å²) < 4.78 is 1.82. The third kappa shape index (κ3) is 1.94. The molecule has 2 aromatic heterocycles. The van der Waals surface area contributed by atoms with Gasteiger partial charge in [0.05, 0.1) is 5.69 Å². The number of carboxylic acids is 1. The van der Waals surface area contributed by atoms with Crippen LogP contribution < -0.4 is 11.1 Å². The topological polar surface area (TPSA) is 92.7 Å². The van der Waals surface area contributed by atoms with Gasteiger partial charge in [0.15, 0.2) is 5.69 Å². The summed E-state index contributed by atoms with van der Waals surface area (Å²) in [5.41, 5.74) is 6.88. The average Bonchev–Trinajstić information content (AvgIpc) is 2.81. The van der Waals surface area contributed by atoms with Crippen LogP contribution in [0.15, 0.2) is 18.3 Å². The lowest BCUT2D eigenvalue weighted by Gasteiger charge is -2.21. The van der Waals surface area contributed by atoms with Crippen molar-refractivity contribution in [3.63, 3.8) is 0 Å². The zero-order valence-corrected chi connectivity index (χ0v) is 10.5. The number of imidazole rings is 1. The molecule has 1 fully saturated rings.